The SMILES string of the molecule is O=C(Cn1c2c(sc1=O)C(c1cccc(Cl)c1Cl)C1C(=O)N(c3cccc(C(F)(F)F)c3)C(=O)C1S2)Nc1ccc(O)cc1. The number of halogens is 5. The lowest BCUT2D eigenvalue weighted by molar-refractivity contribution is -0.137. The molecule has 3 unspecified atom stereocenters. The van der Waals surface area contributed by atoms with Crippen molar-refractivity contribution in [3.8, 4) is 5.75 Å². The predicted octanol–water partition coefficient (Wildman–Crippen LogP) is 6.38. The van der Waals surface area contributed by atoms with Gasteiger partial charge in [0.2, 0.25) is 17.7 Å². The van der Waals surface area contributed by atoms with E-state index in [0.717, 1.165) is 46.2 Å². The summed E-state index contributed by atoms with van der Waals surface area (Å²) in [5.41, 5.74) is -0.547. The fourth-order valence-electron chi connectivity index (χ4n) is 5.32. The van der Waals surface area contributed by atoms with Gasteiger partial charge < -0.3 is 10.4 Å². The summed E-state index contributed by atoms with van der Waals surface area (Å²) in [4.78, 5) is 54.6. The Morgan fingerprint density at radius 1 is 0.977 bits per heavy atom. The fraction of sp³-hybridized carbons (Fsp3) is 0.172. The molecule has 3 aromatic carbocycles. The fourth-order valence-corrected chi connectivity index (χ4v) is 8.51. The second kappa shape index (κ2) is 11.3. The zero-order valence-electron chi connectivity index (χ0n) is 22.0. The van der Waals surface area contributed by atoms with E-state index >= 15 is 0 Å². The molecule has 2 N–H and O–H groups in total. The molecule has 0 bridgehead atoms. The van der Waals surface area contributed by atoms with Crippen LogP contribution in [0.1, 0.15) is 21.9 Å². The number of alkyl halides is 3. The molecule has 15 heteroatoms. The van der Waals surface area contributed by atoms with Gasteiger partial charge in [0.25, 0.3) is 0 Å². The van der Waals surface area contributed by atoms with Crippen molar-refractivity contribution in [2.75, 3.05) is 10.2 Å². The summed E-state index contributed by atoms with van der Waals surface area (Å²) in [6.45, 7) is -0.439. The van der Waals surface area contributed by atoms with E-state index in [9.17, 15) is 37.5 Å². The Kier molecular flexibility index (Phi) is 7.77. The van der Waals surface area contributed by atoms with Gasteiger partial charge in [-0.15, -0.1) is 0 Å². The molecule has 3 heterocycles. The number of imide groups is 1. The van der Waals surface area contributed by atoms with Crippen LogP contribution in [-0.2, 0) is 27.1 Å². The lowest BCUT2D eigenvalue weighted by Gasteiger charge is -2.31. The summed E-state index contributed by atoms with van der Waals surface area (Å²) in [6.07, 6.45) is -4.71. The van der Waals surface area contributed by atoms with E-state index in [0.29, 0.717) is 16.1 Å². The molecule has 6 rings (SSSR count). The number of hydrogen-bond acceptors (Lipinski definition) is 7. The number of carbonyl (C=O) groups is 3. The van der Waals surface area contributed by atoms with Gasteiger partial charge in [0.05, 0.1) is 32.2 Å². The summed E-state index contributed by atoms with van der Waals surface area (Å²) in [5.74, 6) is -4.19. The maximum atomic E-state index is 14.0. The van der Waals surface area contributed by atoms with Crippen LogP contribution in [0.15, 0.2) is 76.6 Å². The highest BCUT2D eigenvalue weighted by molar-refractivity contribution is 8.00. The Hall–Kier alpha value is -3.78. The van der Waals surface area contributed by atoms with Crippen LogP contribution in [0, 0.1) is 5.92 Å². The van der Waals surface area contributed by atoms with Crippen molar-refractivity contribution >= 4 is 75.4 Å². The number of hydrogen-bond donors (Lipinski definition) is 2. The van der Waals surface area contributed by atoms with Gasteiger partial charge in [0, 0.05) is 16.5 Å². The molecule has 3 atom stereocenters. The maximum Gasteiger partial charge on any atom is 0.416 e. The molecule has 0 saturated carbocycles. The van der Waals surface area contributed by atoms with E-state index < -0.39 is 58.0 Å². The lowest BCUT2D eigenvalue weighted by Crippen LogP contribution is -2.33. The molecule has 0 aliphatic carbocycles. The molecular weight excluding hydrogens is 662 g/mol. The monoisotopic (exact) mass is 679 g/mol. The second-order valence-corrected chi connectivity index (χ2v) is 12.9. The van der Waals surface area contributed by atoms with Crippen molar-refractivity contribution in [2.45, 2.75) is 28.9 Å². The number of aromatic nitrogens is 1. The Labute approximate surface area is 265 Å². The molecular formula is C29H18Cl2F3N3O5S2. The first-order chi connectivity index (χ1) is 20.8. The Balaban J connectivity index is 1.43. The number of fused-ring (bicyclic) bond motifs is 2. The molecule has 44 heavy (non-hydrogen) atoms. The standard InChI is InChI=1S/C29H18Cl2F3N3O5S2/c30-18-6-2-5-17(22(18)31)20-21-23(26(41)37(25(21)40)15-4-1-3-13(11-15)29(32,33)34)43-27-24(20)44-28(42)36(27)12-19(39)35-14-7-9-16(38)10-8-14/h1-11,20-21,23,38H,12H2,(H,35,39). The summed E-state index contributed by atoms with van der Waals surface area (Å²) in [5, 5.41) is 11.5. The number of thiazole rings is 1. The minimum Gasteiger partial charge on any atom is -0.508 e. The summed E-state index contributed by atoms with van der Waals surface area (Å²) >= 11 is 14.6. The van der Waals surface area contributed by atoms with Crippen molar-refractivity contribution in [3.05, 3.63) is 102 Å². The number of nitrogens with zero attached hydrogens (tertiary/aromatic N) is 2. The van der Waals surface area contributed by atoms with Crippen molar-refractivity contribution in [1.82, 2.24) is 4.57 Å². The highest BCUT2D eigenvalue weighted by atomic mass is 35.5. The number of rotatable bonds is 5. The van der Waals surface area contributed by atoms with Crippen LogP contribution in [0.4, 0.5) is 24.5 Å². The van der Waals surface area contributed by atoms with Gasteiger partial charge in [-0.05, 0) is 54.1 Å². The van der Waals surface area contributed by atoms with E-state index in [2.05, 4.69) is 5.32 Å². The Morgan fingerprint density at radius 2 is 1.68 bits per heavy atom. The molecule has 1 saturated heterocycles. The highest BCUT2D eigenvalue weighted by Crippen LogP contribution is 2.55. The van der Waals surface area contributed by atoms with Crippen LogP contribution in [-0.4, -0.2) is 32.6 Å². The number of aromatic hydroxyl groups is 1. The Morgan fingerprint density at radius 3 is 2.39 bits per heavy atom. The first-order valence-corrected chi connectivity index (χ1v) is 15.3. The van der Waals surface area contributed by atoms with E-state index in [1.165, 1.54) is 41.0 Å². The average molecular weight is 681 g/mol. The van der Waals surface area contributed by atoms with Crippen LogP contribution in [0.5, 0.6) is 5.75 Å². The van der Waals surface area contributed by atoms with Crippen LogP contribution < -0.4 is 15.1 Å². The summed E-state index contributed by atoms with van der Waals surface area (Å²) in [6, 6.07) is 14.4. The maximum absolute atomic E-state index is 14.0. The van der Waals surface area contributed by atoms with E-state index in [1.54, 1.807) is 12.1 Å². The van der Waals surface area contributed by atoms with Crippen molar-refractivity contribution in [1.29, 1.82) is 0 Å². The normalized spacial score (nSPS) is 19.6. The number of carbonyl (C=O) groups excluding carboxylic acids is 3. The zero-order chi connectivity index (χ0) is 31.5. The minimum absolute atomic E-state index is 0.00208. The third-order valence-electron chi connectivity index (χ3n) is 7.25. The molecule has 1 fully saturated rings. The van der Waals surface area contributed by atoms with Crippen molar-refractivity contribution in [2.24, 2.45) is 5.92 Å². The smallest absolute Gasteiger partial charge is 0.416 e. The average Bonchev–Trinajstić information content (AvgIpc) is 3.41. The van der Waals surface area contributed by atoms with Gasteiger partial charge in [-0.3, -0.25) is 23.7 Å². The zero-order valence-corrected chi connectivity index (χ0v) is 25.1. The molecule has 0 radical (unpaired) electrons. The molecule has 8 nitrogen and oxygen atoms in total. The third-order valence-corrected chi connectivity index (χ3v) is 10.7. The Bertz CT molecular complexity index is 1890. The highest BCUT2D eigenvalue weighted by Gasteiger charge is 2.57. The van der Waals surface area contributed by atoms with Gasteiger partial charge >= 0.3 is 11.0 Å². The van der Waals surface area contributed by atoms with Gasteiger partial charge in [-0.1, -0.05) is 64.5 Å². The molecule has 4 aromatic rings. The quantitative estimate of drug-likeness (QED) is 0.187. The number of phenols is 1. The second-order valence-electron chi connectivity index (χ2n) is 9.96. The van der Waals surface area contributed by atoms with Gasteiger partial charge in [0.1, 0.15) is 17.5 Å². The van der Waals surface area contributed by atoms with E-state index in [-0.39, 0.29) is 26.5 Å². The van der Waals surface area contributed by atoms with Crippen LogP contribution in [0.25, 0.3) is 0 Å². The molecule has 2 aliphatic heterocycles. The van der Waals surface area contributed by atoms with E-state index in [4.69, 9.17) is 23.2 Å². The first kappa shape index (κ1) is 30.3. The largest absolute Gasteiger partial charge is 0.508 e. The van der Waals surface area contributed by atoms with Crippen LogP contribution in [0.3, 0.4) is 0 Å². The predicted molar refractivity (Wildman–Crippen MR) is 161 cm³/mol. The molecule has 226 valence electrons. The van der Waals surface area contributed by atoms with Gasteiger partial charge in [0.15, 0.2) is 0 Å². The summed E-state index contributed by atoms with van der Waals surface area (Å²) < 4.78 is 41.7. The van der Waals surface area contributed by atoms with Gasteiger partial charge in [-0.2, -0.15) is 13.2 Å². The number of amides is 3. The number of anilines is 2. The molecule has 2 aliphatic rings. The van der Waals surface area contributed by atoms with Crippen molar-refractivity contribution < 1.29 is 32.7 Å². The number of nitrogens with one attached hydrogen (secondary N) is 1. The van der Waals surface area contributed by atoms with Crippen molar-refractivity contribution in [3.63, 3.8) is 0 Å². The number of benzene rings is 3. The molecule has 3 amide bonds. The number of phenolic OH excluding ortho intramolecular Hbond substituents is 1. The topological polar surface area (TPSA) is 109 Å². The minimum atomic E-state index is -4.71. The van der Waals surface area contributed by atoms with Crippen LogP contribution >= 0.6 is 46.3 Å². The first-order valence-electron chi connectivity index (χ1n) is 12.8. The lowest BCUT2D eigenvalue weighted by atomic mass is 9.83. The number of thioether (sulfide) groups is 1. The van der Waals surface area contributed by atoms with Crippen LogP contribution in [0.2, 0.25) is 10.0 Å². The third kappa shape index (κ3) is 5.27. The van der Waals surface area contributed by atoms with E-state index in [1.807, 2.05) is 0 Å². The molecule has 1 aromatic heterocycles. The van der Waals surface area contributed by atoms with Gasteiger partial charge in [-0.25, -0.2) is 4.90 Å². The molecule has 0 spiro atoms. The summed E-state index contributed by atoms with van der Waals surface area (Å²) in [7, 11) is 0.